The summed E-state index contributed by atoms with van der Waals surface area (Å²) in [5.74, 6) is 0. The maximum absolute atomic E-state index is 2.48. The molecule has 0 atom stereocenters. The molecule has 1 nitrogen and oxygen atoms in total. The van der Waals surface area contributed by atoms with Crippen LogP contribution < -0.4 is 0 Å². The van der Waals surface area contributed by atoms with E-state index >= 15 is 0 Å². The normalized spacial score (nSPS) is 14.5. The van der Waals surface area contributed by atoms with Crippen LogP contribution in [0.2, 0.25) is 0 Å². The maximum Gasteiger partial charge on any atom is 0.0608 e. The van der Waals surface area contributed by atoms with E-state index in [1.54, 1.807) is 0 Å². The van der Waals surface area contributed by atoms with Crippen LogP contribution in [0.15, 0.2) is 164 Å². The van der Waals surface area contributed by atoms with E-state index in [9.17, 15) is 0 Å². The van der Waals surface area contributed by atoms with E-state index in [0.717, 1.165) is 6.54 Å². The van der Waals surface area contributed by atoms with Gasteiger partial charge in [-0.3, -0.25) is 0 Å². The highest BCUT2D eigenvalue weighted by Gasteiger charge is 2.37. The summed E-state index contributed by atoms with van der Waals surface area (Å²) >= 11 is 0. The molecular formula is C36H29N. The van der Waals surface area contributed by atoms with E-state index in [4.69, 9.17) is 0 Å². The van der Waals surface area contributed by atoms with Crippen molar-refractivity contribution >= 4 is 11.4 Å². The molecule has 0 unspecified atom stereocenters. The van der Waals surface area contributed by atoms with E-state index in [0.29, 0.717) is 0 Å². The average molecular weight is 476 g/mol. The van der Waals surface area contributed by atoms with Crippen molar-refractivity contribution in [2.75, 3.05) is 0 Å². The lowest BCUT2D eigenvalue weighted by Gasteiger charge is -2.41. The highest BCUT2D eigenvalue weighted by atomic mass is 15.2. The van der Waals surface area contributed by atoms with Gasteiger partial charge >= 0.3 is 0 Å². The Labute approximate surface area is 219 Å². The smallest absolute Gasteiger partial charge is 0.0608 e. The molecule has 0 spiro atoms. The number of allylic oxidation sites excluding steroid dienone is 2. The number of hydrogen-bond donors (Lipinski definition) is 0. The van der Waals surface area contributed by atoms with E-state index in [1.165, 1.54) is 39.2 Å². The molecular weight excluding hydrogens is 446 g/mol. The minimum absolute atomic E-state index is 0.425. The van der Waals surface area contributed by atoms with Gasteiger partial charge in [0, 0.05) is 17.9 Å². The minimum atomic E-state index is -0.425. The van der Waals surface area contributed by atoms with Crippen molar-refractivity contribution in [3.8, 4) is 0 Å². The van der Waals surface area contributed by atoms with Crippen LogP contribution in [0, 0.1) is 0 Å². The Morgan fingerprint density at radius 2 is 0.757 bits per heavy atom. The van der Waals surface area contributed by atoms with Crippen LogP contribution in [0.25, 0.3) is 11.4 Å². The molecule has 0 saturated heterocycles. The molecule has 1 heteroatoms. The van der Waals surface area contributed by atoms with Gasteiger partial charge in [-0.2, -0.15) is 0 Å². The number of benzene rings is 5. The fourth-order valence-corrected chi connectivity index (χ4v) is 5.32. The first-order valence-corrected chi connectivity index (χ1v) is 12.8. The molecule has 0 radical (unpaired) electrons. The summed E-state index contributed by atoms with van der Waals surface area (Å²) in [4.78, 5) is 2.48. The van der Waals surface area contributed by atoms with Crippen LogP contribution in [-0.2, 0) is 12.0 Å². The first-order valence-electron chi connectivity index (χ1n) is 12.8. The first-order chi connectivity index (χ1) is 18.3. The molecule has 0 bridgehead atoms. The fourth-order valence-electron chi connectivity index (χ4n) is 5.32. The quantitative estimate of drug-likeness (QED) is 0.238. The van der Waals surface area contributed by atoms with Crippen LogP contribution >= 0.6 is 0 Å². The molecule has 0 N–H and O–H groups in total. The van der Waals surface area contributed by atoms with Crippen LogP contribution in [0.4, 0.5) is 0 Å². The molecule has 0 amide bonds. The summed E-state index contributed by atoms with van der Waals surface area (Å²) in [6.07, 6.45) is 4.92. The summed E-state index contributed by atoms with van der Waals surface area (Å²) in [6.45, 7) is 0.780. The summed E-state index contributed by atoms with van der Waals surface area (Å²) in [6, 6.07) is 54.1. The molecule has 0 aromatic heterocycles. The standard InChI is InChI=1S/C36H29N/c1-6-16-29(17-7-1)28-37-34(30-18-8-2-9-19-30)26-36(32-22-12-4-13-23-32,33-24-14-5-15-25-33)27-35(37)31-20-10-3-11-21-31/h1-27H,28H2. The highest BCUT2D eigenvalue weighted by Crippen LogP contribution is 2.46. The van der Waals surface area contributed by atoms with Crippen molar-refractivity contribution in [3.63, 3.8) is 0 Å². The minimum Gasteiger partial charge on any atom is -0.336 e. The zero-order valence-electron chi connectivity index (χ0n) is 20.7. The van der Waals surface area contributed by atoms with E-state index in [2.05, 4.69) is 169 Å². The largest absolute Gasteiger partial charge is 0.336 e. The second kappa shape index (κ2) is 10.2. The molecule has 1 aliphatic rings. The summed E-state index contributed by atoms with van der Waals surface area (Å²) in [5, 5.41) is 0. The van der Waals surface area contributed by atoms with Crippen molar-refractivity contribution in [1.29, 1.82) is 0 Å². The number of hydrogen-bond acceptors (Lipinski definition) is 1. The fraction of sp³-hybridized carbons (Fsp3) is 0.0556. The lowest BCUT2D eigenvalue weighted by molar-refractivity contribution is 0.530. The molecule has 5 aromatic rings. The average Bonchev–Trinajstić information content (AvgIpc) is 2.99. The van der Waals surface area contributed by atoms with Gasteiger partial charge in [0.1, 0.15) is 0 Å². The Balaban J connectivity index is 1.66. The molecule has 6 rings (SSSR count). The van der Waals surface area contributed by atoms with Gasteiger partial charge < -0.3 is 4.90 Å². The van der Waals surface area contributed by atoms with Crippen molar-refractivity contribution in [2.24, 2.45) is 0 Å². The zero-order valence-corrected chi connectivity index (χ0v) is 20.7. The highest BCUT2D eigenvalue weighted by molar-refractivity contribution is 5.84. The van der Waals surface area contributed by atoms with Gasteiger partial charge in [-0.1, -0.05) is 152 Å². The first kappa shape index (κ1) is 22.8. The monoisotopic (exact) mass is 475 g/mol. The second-order valence-corrected chi connectivity index (χ2v) is 9.46. The van der Waals surface area contributed by atoms with Crippen LogP contribution in [-0.4, -0.2) is 4.90 Å². The molecule has 0 fully saturated rings. The Morgan fingerprint density at radius 1 is 0.405 bits per heavy atom. The van der Waals surface area contributed by atoms with Crippen molar-refractivity contribution in [1.82, 2.24) is 4.90 Å². The van der Waals surface area contributed by atoms with Crippen molar-refractivity contribution < 1.29 is 0 Å². The van der Waals surface area contributed by atoms with Crippen molar-refractivity contribution in [2.45, 2.75) is 12.0 Å². The summed E-state index contributed by atoms with van der Waals surface area (Å²) in [7, 11) is 0. The Morgan fingerprint density at radius 3 is 1.16 bits per heavy atom. The molecule has 0 aliphatic carbocycles. The lowest BCUT2D eigenvalue weighted by atomic mass is 9.71. The van der Waals surface area contributed by atoms with Gasteiger partial charge in [0.2, 0.25) is 0 Å². The third-order valence-corrected chi connectivity index (χ3v) is 7.14. The van der Waals surface area contributed by atoms with Gasteiger partial charge in [0.05, 0.1) is 5.41 Å². The Bertz CT molecular complexity index is 1400. The van der Waals surface area contributed by atoms with Crippen LogP contribution in [0.5, 0.6) is 0 Å². The number of nitrogens with zero attached hydrogens (tertiary/aromatic N) is 1. The third kappa shape index (κ3) is 4.52. The number of rotatable bonds is 6. The zero-order chi connectivity index (χ0) is 24.9. The predicted molar refractivity (Wildman–Crippen MR) is 154 cm³/mol. The van der Waals surface area contributed by atoms with Gasteiger partial charge in [-0.05, 0) is 40.0 Å². The van der Waals surface area contributed by atoms with Crippen molar-refractivity contribution in [3.05, 3.63) is 192 Å². The Hall–Kier alpha value is -4.62. The summed E-state index contributed by atoms with van der Waals surface area (Å²) in [5.41, 5.74) is 8.18. The second-order valence-electron chi connectivity index (χ2n) is 9.46. The van der Waals surface area contributed by atoms with Gasteiger partial charge in [0.25, 0.3) is 0 Å². The van der Waals surface area contributed by atoms with Gasteiger partial charge in [0.15, 0.2) is 0 Å². The van der Waals surface area contributed by atoms with E-state index in [-0.39, 0.29) is 0 Å². The molecule has 1 aliphatic heterocycles. The topological polar surface area (TPSA) is 3.24 Å². The Kier molecular flexibility index (Phi) is 6.27. The lowest BCUT2D eigenvalue weighted by Crippen LogP contribution is -2.33. The predicted octanol–water partition coefficient (Wildman–Crippen LogP) is 8.57. The maximum atomic E-state index is 2.48. The molecule has 178 valence electrons. The van der Waals surface area contributed by atoms with E-state index < -0.39 is 5.41 Å². The van der Waals surface area contributed by atoms with E-state index in [1.807, 2.05) is 0 Å². The molecule has 37 heavy (non-hydrogen) atoms. The van der Waals surface area contributed by atoms with Gasteiger partial charge in [-0.15, -0.1) is 0 Å². The molecule has 1 heterocycles. The van der Waals surface area contributed by atoms with Crippen LogP contribution in [0.1, 0.15) is 27.8 Å². The summed E-state index contributed by atoms with van der Waals surface area (Å²) < 4.78 is 0. The third-order valence-electron chi connectivity index (χ3n) is 7.14. The SMILES string of the molecule is C1=C(c2ccccc2)N(Cc2ccccc2)C(c2ccccc2)=CC1(c1ccccc1)c1ccccc1. The van der Waals surface area contributed by atoms with Gasteiger partial charge in [-0.25, -0.2) is 0 Å². The van der Waals surface area contributed by atoms with Crippen LogP contribution in [0.3, 0.4) is 0 Å². The molecule has 5 aromatic carbocycles. The molecule has 0 saturated carbocycles.